The van der Waals surface area contributed by atoms with Crippen molar-refractivity contribution in [2.45, 2.75) is 27.7 Å². The van der Waals surface area contributed by atoms with Crippen LogP contribution in [-0.4, -0.2) is 22.0 Å². The van der Waals surface area contributed by atoms with E-state index in [1.165, 1.54) is 6.92 Å². The number of aromatic nitrogens is 1. The van der Waals surface area contributed by atoms with Crippen LogP contribution in [0.2, 0.25) is 0 Å². The van der Waals surface area contributed by atoms with Crippen molar-refractivity contribution in [2.75, 3.05) is 5.32 Å². The minimum Gasteiger partial charge on any atom is -0.481 e. The third-order valence-corrected chi connectivity index (χ3v) is 2.90. The summed E-state index contributed by atoms with van der Waals surface area (Å²) < 4.78 is 0. The van der Waals surface area contributed by atoms with Crippen molar-refractivity contribution >= 4 is 17.7 Å². The molecule has 0 aromatic carbocycles. The van der Waals surface area contributed by atoms with Crippen LogP contribution in [0, 0.1) is 25.7 Å². The number of rotatable bonds is 4. The van der Waals surface area contributed by atoms with Gasteiger partial charge in [0, 0.05) is 11.6 Å². The number of anilines is 1. The molecule has 1 aromatic rings. The van der Waals surface area contributed by atoms with E-state index in [4.69, 9.17) is 5.11 Å². The summed E-state index contributed by atoms with van der Waals surface area (Å²) >= 11 is 0. The first-order valence-electron chi connectivity index (χ1n) is 5.80. The van der Waals surface area contributed by atoms with E-state index >= 15 is 0 Å². The van der Waals surface area contributed by atoms with Gasteiger partial charge in [-0.3, -0.25) is 9.59 Å². The Kier molecular flexibility index (Phi) is 4.42. The summed E-state index contributed by atoms with van der Waals surface area (Å²) in [6, 6.07) is 3.65. The maximum absolute atomic E-state index is 11.9. The minimum absolute atomic E-state index is 0.331. The number of carbonyl (C=O) groups excluding carboxylic acids is 1. The summed E-state index contributed by atoms with van der Waals surface area (Å²) in [7, 11) is 0. The molecule has 1 amide bonds. The molecule has 0 bridgehead atoms. The summed E-state index contributed by atoms with van der Waals surface area (Å²) in [6.07, 6.45) is 0. The fourth-order valence-corrected chi connectivity index (χ4v) is 1.59. The second-order valence-corrected chi connectivity index (χ2v) is 4.58. The lowest BCUT2D eigenvalue weighted by Gasteiger charge is -2.15. The Morgan fingerprint density at radius 3 is 2.33 bits per heavy atom. The largest absolute Gasteiger partial charge is 0.481 e. The van der Waals surface area contributed by atoms with Crippen molar-refractivity contribution < 1.29 is 14.7 Å². The third kappa shape index (κ3) is 3.55. The Hall–Kier alpha value is -1.91. The SMILES string of the molecule is Cc1cc(C)nc(NC(=O)C(C)C(C)C(=O)O)c1. The van der Waals surface area contributed by atoms with Crippen LogP contribution >= 0.6 is 0 Å². The van der Waals surface area contributed by atoms with Gasteiger partial charge >= 0.3 is 5.97 Å². The van der Waals surface area contributed by atoms with Gasteiger partial charge in [0.25, 0.3) is 0 Å². The van der Waals surface area contributed by atoms with Crippen molar-refractivity contribution in [1.82, 2.24) is 4.98 Å². The molecular formula is C13H18N2O3. The molecule has 2 unspecified atom stereocenters. The minimum atomic E-state index is -0.981. The van der Waals surface area contributed by atoms with Crippen LogP contribution in [0.15, 0.2) is 12.1 Å². The highest BCUT2D eigenvalue weighted by Crippen LogP contribution is 2.15. The number of carbonyl (C=O) groups is 2. The fourth-order valence-electron chi connectivity index (χ4n) is 1.59. The van der Waals surface area contributed by atoms with Crippen LogP contribution in [0.5, 0.6) is 0 Å². The lowest BCUT2D eigenvalue weighted by molar-refractivity contribution is -0.145. The predicted octanol–water partition coefficient (Wildman–Crippen LogP) is 1.99. The van der Waals surface area contributed by atoms with Gasteiger partial charge in [0.15, 0.2) is 0 Å². The lowest BCUT2D eigenvalue weighted by Crippen LogP contribution is -2.30. The van der Waals surface area contributed by atoms with E-state index in [9.17, 15) is 9.59 Å². The van der Waals surface area contributed by atoms with Gasteiger partial charge in [0.1, 0.15) is 5.82 Å². The van der Waals surface area contributed by atoms with E-state index in [1.54, 1.807) is 13.0 Å². The highest BCUT2D eigenvalue weighted by atomic mass is 16.4. The number of nitrogens with zero attached hydrogens (tertiary/aromatic N) is 1. The van der Waals surface area contributed by atoms with E-state index in [-0.39, 0.29) is 5.91 Å². The van der Waals surface area contributed by atoms with Gasteiger partial charge in [-0.25, -0.2) is 4.98 Å². The molecule has 0 fully saturated rings. The topological polar surface area (TPSA) is 79.3 Å². The van der Waals surface area contributed by atoms with Crippen molar-refractivity contribution in [3.63, 3.8) is 0 Å². The second-order valence-electron chi connectivity index (χ2n) is 4.58. The number of amides is 1. The quantitative estimate of drug-likeness (QED) is 0.856. The average Bonchev–Trinajstić information content (AvgIpc) is 2.25. The molecule has 2 atom stereocenters. The third-order valence-electron chi connectivity index (χ3n) is 2.90. The standard InChI is InChI=1S/C13H18N2O3/c1-7-5-8(2)14-11(6-7)15-12(16)9(3)10(4)13(17)18/h5-6,9-10H,1-4H3,(H,17,18)(H,14,15,16). The van der Waals surface area contributed by atoms with Crippen molar-refractivity contribution in [3.8, 4) is 0 Å². The highest BCUT2D eigenvalue weighted by Gasteiger charge is 2.25. The van der Waals surface area contributed by atoms with Gasteiger partial charge in [-0.2, -0.15) is 0 Å². The molecular weight excluding hydrogens is 232 g/mol. The second kappa shape index (κ2) is 5.62. The van der Waals surface area contributed by atoms with E-state index in [2.05, 4.69) is 10.3 Å². The number of carboxylic acids is 1. The number of nitrogens with one attached hydrogen (secondary N) is 1. The molecule has 0 aliphatic rings. The monoisotopic (exact) mass is 250 g/mol. The Labute approximate surface area is 106 Å². The van der Waals surface area contributed by atoms with Crippen molar-refractivity contribution in [2.24, 2.45) is 11.8 Å². The molecule has 0 saturated heterocycles. The molecule has 0 aliphatic heterocycles. The zero-order chi connectivity index (χ0) is 13.9. The Morgan fingerprint density at radius 1 is 1.22 bits per heavy atom. The fraction of sp³-hybridized carbons (Fsp3) is 0.462. The molecule has 18 heavy (non-hydrogen) atoms. The van der Waals surface area contributed by atoms with E-state index in [0.29, 0.717) is 5.82 Å². The molecule has 2 N–H and O–H groups in total. The van der Waals surface area contributed by atoms with E-state index in [1.807, 2.05) is 19.9 Å². The van der Waals surface area contributed by atoms with E-state index < -0.39 is 17.8 Å². The maximum Gasteiger partial charge on any atom is 0.307 e. The Morgan fingerprint density at radius 2 is 1.83 bits per heavy atom. The van der Waals surface area contributed by atoms with Gasteiger partial charge in [-0.1, -0.05) is 13.8 Å². The van der Waals surface area contributed by atoms with E-state index in [0.717, 1.165) is 11.3 Å². The van der Waals surface area contributed by atoms with Crippen LogP contribution in [0.1, 0.15) is 25.1 Å². The number of pyridine rings is 1. The van der Waals surface area contributed by atoms with Crippen molar-refractivity contribution in [1.29, 1.82) is 0 Å². The first-order valence-corrected chi connectivity index (χ1v) is 5.80. The maximum atomic E-state index is 11.9. The number of hydrogen-bond donors (Lipinski definition) is 2. The summed E-state index contributed by atoms with van der Waals surface area (Å²) in [5.41, 5.74) is 1.81. The zero-order valence-corrected chi connectivity index (χ0v) is 11.0. The molecule has 0 radical (unpaired) electrons. The molecule has 5 nitrogen and oxygen atoms in total. The van der Waals surface area contributed by atoms with Crippen LogP contribution in [0.25, 0.3) is 0 Å². The Bertz CT molecular complexity index is 451. The molecule has 1 aromatic heterocycles. The van der Waals surface area contributed by atoms with Crippen LogP contribution < -0.4 is 5.32 Å². The highest BCUT2D eigenvalue weighted by molar-refractivity contribution is 5.94. The smallest absolute Gasteiger partial charge is 0.307 e. The molecule has 0 aliphatic carbocycles. The molecule has 0 saturated carbocycles. The molecule has 98 valence electrons. The first-order chi connectivity index (χ1) is 8.31. The summed E-state index contributed by atoms with van der Waals surface area (Å²) in [5.74, 6) is -2.18. The predicted molar refractivity (Wildman–Crippen MR) is 68.3 cm³/mol. The normalized spacial score (nSPS) is 13.8. The average molecular weight is 250 g/mol. The number of hydrogen-bond acceptors (Lipinski definition) is 3. The summed E-state index contributed by atoms with van der Waals surface area (Å²) in [4.78, 5) is 26.9. The zero-order valence-electron chi connectivity index (χ0n) is 11.0. The van der Waals surface area contributed by atoms with Gasteiger partial charge < -0.3 is 10.4 Å². The molecule has 1 rings (SSSR count). The summed E-state index contributed by atoms with van der Waals surface area (Å²) in [5, 5.41) is 11.5. The van der Waals surface area contributed by atoms with Crippen molar-refractivity contribution in [3.05, 3.63) is 23.4 Å². The Balaban J connectivity index is 2.78. The van der Waals surface area contributed by atoms with Crippen LogP contribution in [0.3, 0.4) is 0 Å². The number of carboxylic acid groups (broad SMARTS) is 1. The van der Waals surface area contributed by atoms with Crippen LogP contribution in [-0.2, 0) is 9.59 Å². The lowest BCUT2D eigenvalue weighted by atomic mass is 9.95. The number of aliphatic carboxylic acids is 1. The first kappa shape index (κ1) is 14.2. The summed E-state index contributed by atoms with van der Waals surface area (Å²) in [6.45, 7) is 6.86. The van der Waals surface area contributed by atoms with Gasteiger partial charge in [-0.05, 0) is 31.5 Å². The van der Waals surface area contributed by atoms with Crippen LogP contribution in [0.4, 0.5) is 5.82 Å². The molecule has 0 spiro atoms. The number of aryl methyl sites for hydroxylation is 2. The van der Waals surface area contributed by atoms with Gasteiger partial charge in [0.05, 0.1) is 5.92 Å². The molecule has 5 heteroatoms. The van der Waals surface area contributed by atoms with Gasteiger partial charge in [0.2, 0.25) is 5.91 Å². The molecule has 1 heterocycles. The van der Waals surface area contributed by atoms with Gasteiger partial charge in [-0.15, -0.1) is 0 Å².